The molecule has 0 bridgehead atoms. The maximum Gasteiger partial charge on any atom is 0.176 e. The van der Waals surface area contributed by atoms with E-state index < -0.39 is 0 Å². The zero-order chi connectivity index (χ0) is 27.1. The summed E-state index contributed by atoms with van der Waals surface area (Å²) in [5.74, 6) is 1.27. The maximum absolute atomic E-state index is 13.7. The lowest BCUT2D eigenvalue weighted by Gasteiger charge is -2.22. The Bertz CT molecular complexity index is 1850. The smallest absolute Gasteiger partial charge is 0.176 e. The summed E-state index contributed by atoms with van der Waals surface area (Å²) in [4.78, 5) is 22.6. The monoisotopic (exact) mass is 550 g/mol. The summed E-state index contributed by atoms with van der Waals surface area (Å²) < 4.78 is 13.7. The normalized spacial score (nSPS) is 14.2. The number of hydrogen-bond donors (Lipinski definition) is 3. The van der Waals surface area contributed by atoms with Crippen LogP contribution in [0.3, 0.4) is 0 Å². The van der Waals surface area contributed by atoms with Gasteiger partial charge in [0.2, 0.25) is 0 Å². The van der Waals surface area contributed by atoms with Crippen molar-refractivity contribution >= 4 is 39.1 Å². The van der Waals surface area contributed by atoms with Crippen molar-refractivity contribution in [3.05, 3.63) is 72.5 Å². The number of thiophene rings is 1. The van der Waals surface area contributed by atoms with Crippen molar-refractivity contribution < 1.29 is 4.39 Å². The second-order valence-electron chi connectivity index (χ2n) is 10.3. The van der Waals surface area contributed by atoms with Crippen LogP contribution in [-0.2, 0) is 0 Å². The average Bonchev–Trinajstić information content (AvgIpc) is 3.71. The molecule has 6 aromatic heterocycles. The summed E-state index contributed by atoms with van der Waals surface area (Å²) in [5, 5.41) is 10.8. The fourth-order valence-electron chi connectivity index (χ4n) is 5.55. The van der Waals surface area contributed by atoms with Gasteiger partial charge in [-0.3, -0.25) is 15.1 Å². The number of aromatic amines is 2. The summed E-state index contributed by atoms with van der Waals surface area (Å²) >= 11 is 1.07. The first-order valence-corrected chi connectivity index (χ1v) is 14.3. The van der Waals surface area contributed by atoms with Crippen molar-refractivity contribution in [3.8, 4) is 33.2 Å². The molecule has 200 valence electrons. The van der Waals surface area contributed by atoms with Gasteiger partial charge in [-0.2, -0.15) is 9.49 Å². The highest BCUT2D eigenvalue weighted by Crippen LogP contribution is 2.34. The minimum atomic E-state index is -0.250. The Morgan fingerprint density at radius 3 is 2.70 bits per heavy atom. The molecule has 0 radical (unpaired) electrons. The van der Waals surface area contributed by atoms with Gasteiger partial charge in [0.25, 0.3) is 0 Å². The molecule has 0 aliphatic heterocycles. The lowest BCUT2D eigenvalue weighted by atomic mass is 9.86. The predicted octanol–water partition coefficient (Wildman–Crippen LogP) is 7.72. The van der Waals surface area contributed by atoms with Crippen LogP contribution in [0, 0.1) is 11.0 Å². The molecule has 0 atom stereocenters. The van der Waals surface area contributed by atoms with Gasteiger partial charge < -0.3 is 10.3 Å². The Balaban J connectivity index is 1.19. The van der Waals surface area contributed by atoms with E-state index >= 15 is 0 Å². The third kappa shape index (κ3) is 4.75. The van der Waals surface area contributed by atoms with E-state index in [9.17, 15) is 4.39 Å². The van der Waals surface area contributed by atoms with Crippen molar-refractivity contribution in [2.45, 2.75) is 38.5 Å². The predicted molar refractivity (Wildman–Crippen MR) is 157 cm³/mol. The fraction of sp³-hybridized carbons (Fsp3) is 0.233. The van der Waals surface area contributed by atoms with E-state index in [4.69, 9.17) is 9.97 Å². The first kappa shape index (κ1) is 24.6. The number of rotatable bonds is 7. The lowest BCUT2D eigenvalue weighted by molar-refractivity contribution is 0.357. The highest BCUT2D eigenvalue weighted by Gasteiger charge is 2.18. The first-order valence-electron chi connectivity index (χ1n) is 13.5. The van der Waals surface area contributed by atoms with Gasteiger partial charge in [0, 0.05) is 34.1 Å². The summed E-state index contributed by atoms with van der Waals surface area (Å²) in [6, 6.07) is 9.15. The molecular formula is C30H27FN8S. The molecule has 1 fully saturated rings. The van der Waals surface area contributed by atoms with Crippen LogP contribution in [0.4, 0.5) is 10.1 Å². The maximum atomic E-state index is 13.7. The van der Waals surface area contributed by atoms with E-state index in [2.05, 4.69) is 37.0 Å². The SMILES string of the molecule is C=C(CC1CCCCC1)Nc1cncc(-c2ccc3[nH]nc(-c4nc5c(-c6ccc(F)s6)cncc5[nH]4)c3n2)c1. The summed E-state index contributed by atoms with van der Waals surface area (Å²) in [5.41, 5.74) is 7.87. The van der Waals surface area contributed by atoms with Gasteiger partial charge in [0.15, 0.2) is 16.6 Å². The van der Waals surface area contributed by atoms with Gasteiger partial charge in [-0.25, -0.2) is 9.97 Å². The number of anilines is 1. The van der Waals surface area contributed by atoms with E-state index in [1.807, 2.05) is 30.6 Å². The number of pyridine rings is 3. The molecular weight excluding hydrogens is 523 g/mol. The molecule has 0 spiro atoms. The standard InChI is InChI=1S/C30H27FN8S/c1-17(11-18-5-3-2-4-6-18)34-20-12-19(13-32-14-20)22-7-8-23-28(35-22)29(39-38-23)30-36-24-16-33-15-21(27(24)37-30)25-9-10-26(31)40-25/h7-10,12-16,18,34H,1-6,11H2,(H,36,37)(H,38,39). The van der Waals surface area contributed by atoms with E-state index in [1.54, 1.807) is 18.5 Å². The number of halogens is 1. The molecule has 1 saturated carbocycles. The van der Waals surface area contributed by atoms with E-state index in [0.717, 1.165) is 61.9 Å². The van der Waals surface area contributed by atoms with Crippen LogP contribution >= 0.6 is 11.3 Å². The highest BCUT2D eigenvalue weighted by atomic mass is 32.1. The number of imidazole rings is 1. The zero-order valence-electron chi connectivity index (χ0n) is 21.7. The molecule has 0 amide bonds. The molecule has 0 saturated heterocycles. The van der Waals surface area contributed by atoms with E-state index in [0.29, 0.717) is 28.5 Å². The van der Waals surface area contributed by atoms with Crippen molar-refractivity contribution in [2.75, 3.05) is 5.32 Å². The van der Waals surface area contributed by atoms with Gasteiger partial charge in [-0.1, -0.05) is 38.7 Å². The molecule has 0 unspecified atom stereocenters. The molecule has 40 heavy (non-hydrogen) atoms. The van der Waals surface area contributed by atoms with Crippen LogP contribution in [-0.4, -0.2) is 35.1 Å². The lowest BCUT2D eigenvalue weighted by Crippen LogP contribution is -2.10. The van der Waals surface area contributed by atoms with Crippen LogP contribution in [0.1, 0.15) is 38.5 Å². The largest absolute Gasteiger partial charge is 0.358 e. The molecule has 10 heteroatoms. The molecule has 1 aliphatic rings. The topological polar surface area (TPSA) is 108 Å². The highest BCUT2D eigenvalue weighted by molar-refractivity contribution is 7.14. The molecule has 6 heterocycles. The Kier molecular flexibility index (Phi) is 6.31. The van der Waals surface area contributed by atoms with Gasteiger partial charge in [-0.05, 0) is 42.7 Å². The molecule has 0 aromatic carbocycles. The Morgan fingerprint density at radius 2 is 1.85 bits per heavy atom. The number of nitrogens with one attached hydrogen (secondary N) is 3. The third-order valence-electron chi connectivity index (χ3n) is 7.48. The van der Waals surface area contributed by atoms with Gasteiger partial charge in [-0.15, -0.1) is 11.3 Å². The summed E-state index contributed by atoms with van der Waals surface area (Å²) in [6.07, 6.45) is 14.6. The number of H-pyrrole nitrogens is 2. The average molecular weight is 551 g/mol. The van der Waals surface area contributed by atoms with Crippen molar-refractivity contribution in [3.63, 3.8) is 0 Å². The Hall–Kier alpha value is -4.44. The van der Waals surface area contributed by atoms with E-state index in [-0.39, 0.29) is 5.13 Å². The number of hydrogen-bond acceptors (Lipinski definition) is 7. The number of fused-ring (bicyclic) bond motifs is 2. The van der Waals surface area contributed by atoms with Crippen LogP contribution < -0.4 is 5.32 Å². The van der Waals surface area contributed by atoms with Crippen molar-refractivity contribution in [2.24, 2.45) is 5.92 Å². The first-order chi connectivity index (χ1) is 19.6. The third-order valence-corrected chi connectivity index (χ3v) is 8.39. The van der Waals surface area contributed by atoms with Crippen molar-refractivity contribution in [1.29, 1.82) is 0 Å². The van der Waals surface area contributed by atoms with Gasteiger partial charge in [0.05, 0.1) is 34.8 Å². The van der Waals surface area contributed by atoms with Gasteiger partial charge in [0.1, 0.15) is 11.0 Å². The number of nitrogens with zero attached hydrogens (tertiary/aromatic N) is 5. The van der Waals surface area contributed by atoms with Gasteiger partial charge >= 0.3 is 0 Å². The van der Waals surface area contributed by atoms with Crippen LogP contribution in [0.25, 0.3) is 55.3 Å². The molecule has 1 aliphatic carbocycles. The minimum absolute atomic E-state index is 0.250. The van der Waals surface area contributed by atoms with Crippen LogP contribution in [0.15, 0.2) is 67.4 Å². The van der Waals surface area contributed by atoms with E-state index in [1.165, 1.54) is 38.2 Å². The summed E-state index contributed by atoms with van der Waals surface area (Å²) in [7, 11) is 0. The molecule has 6 aromatic rings. The second-order valence-corrected chi connectivity index (χ2v) is 11.4. The molecule has 8 nitrogen and oxygen atoms in total. The fourth-order valence-corrected chi connectivity index (χ4v) is 6.29. The minimum Gasteiger partial charge on any atom is -0.358 e. The zero-order valence-corrected chi connectivity index (χ0v) is 22.6. The Morgan fingerprint density at radius 1 is 0.975 bits per heavy atom. The Labute approximate surface area is 233 Å². The molecule has 3 N–H and O–H groups in total. The summed E-state index contributed by atoms with van der Waals surface area (Å²) in [6.45, 7) is 4.27. The van der Waals surface area contributed by atoms with Crippen molar-refractivity contribution in [1.82, 2.24) is 35.1 Å². The quantitative estimate of drug-likeness (QED) is 0.188. The number of allylic oxidation sites excluding steroid dienone is 1. The second kappa shape index (κ2) is 10.3. The number of aromatic nitrogens is 7. The molecule has 7 rings (SSSR count). The van der Waals surface area contributed by atoms with Crippen LogP contribution in [0.2, 0.25) is 0 Å². The van der Waals surface area contributed by atoms with Crippen LogP contribution in [0.5, 0.6) is 0 Å².